The Balaban J connectivity index is 4.16. The number of hydrogen-bond donors (Lipinski definition) is 1. The van der Waals surface area contributed by atoms with E-state index in [1.807, 2.05) is 0 Å². The van der Waals surface area contributed by atoms with E-state index in [1.165, 1.54) is 0 Å². The summed E-state index contributed by atoms with van der Waals surface area (Å²) in [5.74, 6) is 0. The molecule has 0 aromatic heterocycles. The molecule has 0 aromatic carbocycles. The fourth-order valence-corrected chi connectivity index (χ4v) is 2.37. The monoisotopic (exact) mass is 316 g/mol. The molecule has 0 rings (SSSR count). The molecular formula is C10H22BrClO2Si. The maximum atomic E-state index is 8.89. The standard InChI is InChI=1S/C10H22BrClO2Si/c1-10(2,3)15(4,5)14-7-8(11)9(12)6-13/h8-9,13H,6-7H2,1-5H3/t8?,9-/m0/s1. The van der Waals surface area contributed by atoms with Gasteiger partial charge in [-0.25, -0.2) is 0 Å². The molecule has 1 unspecified atom stereocenters. The van der Waals surface area contributed by atoms with Gasteiger partial charge in [-0.05, 0) is 18.1 Å². The van der Waals surface area contributed by atoms with Gasteiger partial charge in [-0.3, -0.25) is 0 Å². The van der Waals surface area contributed by atoms with Crippen molar-refractivity contribution in [2.45, 2.75) is 49.1 Å². The van der Waals surface area contributed by atoms with Gasteiger partial charge in [-0.1, -0.05) is 36.7 Å². The van der Waals surface area contributed by atoms with Crippen molar-refractivity contribution in [3.63, 3.8) is 0 Å². The van der Waals surface area contributed by atoms with Crippen molar-refractivity contribution in [3.05, 3.63) is 0 Å². The smallest absolute Gasteiger partial charge is 0.192 e. The Labute approximate surface area is 108 Å². The van der Waals surface area contributed by atoms with Gasteiger partial charge >= 0.3 is 0 Å². The first-order valence-electron chi connectivity index (χ1n) is 5.15. The number of rotatable bonds is 5. The number of halogens is 2. The Morgan fingerprint density at radius 2 is 1.87 bits per heavy atom. The third-order valence-corrected chi connectivity index (χ3v) is 9.13. The average molecular weight is 318 g/mol. The zero-order valence-corrected chi connectivity index (χ0v) is 13.5. The molecule has 0 aromatic rings. The molecule has 0 fully saturated rings. The third-order valence-electron chi connectivity index (χ3n) is 2.98. The highest BCUT2D eigenvalue weighted by Crippen LogP contribution is 2.36. The highest BCUT2D eigenvalue weighted by Gasteiger charge is 2.37. The lowest BCUT2D eigenvalue weighted by Gasteiger charge is -2.37. The maximum Gasteiger partial charge on any atom is 0.192 e. The van der Waals surface area contributed by atoms with Crippen LogP contribution in [0.15, 0.2) is 0 Å². The van der Waals surface area contributed by atoms with Crippen molar-refractivity contribution < 1.29 is 9.53 Å². The van der Waals surface area contributed by atoms with Crippen LogP contribution in [0.25, 0.3) is 0 Å². The Morgan fingerprint density at radius 3 is 2.20 bits per heavy atom. The molecule has 2 atom stereocenters. The fraction of sp³-hybridized carbons (Fsp3) is 1.00. The number of aliphatic hydroxyl groups is 1. The van der Waals surface area contributed by atoms with Crippen LogP contribution in [0.4, 0.5) is 0 Å². The van der Waals surface area contributed by atoms with E-state index in [9.17, 15) is 0 Å². The van der Waals surface area contributed by atoms with E-state index in [1.54, 1.807) is 0 Å². The Morgan fingerprint density at radius 1 is 1.40 bits per heavy atom. The number of alkyl halides is 2. The Kier molecular flexibility index (Phi) is 6.37. The van der Waals surface area contributed by atoms with Crippen LogP contribution in [0.1, 0.15) is 20.8 Å². The molecule has 5 heteroatoms. The first-order chi connectivity index (χ1) is 6.62. The van der Waals surface area contributed by atoms with Crippen LogP contribution in [0.2, 0.25) is 18.1 Å². The molecule has 0 amide bonds. The van der Waals surface area contributed by atoms with Crippen molar-refractivity contribution in [2.24, 2.45) is 0 Å². The summed E-state index contributed by atoms with van der Waals surface area (Å²) in [5, 5.41) is 8.81. The summed E-state index contributed by atoms with van der Waals surface area (Å²) < 4.78 is 5.98. The molecule has 0 aliphatic heterocycles. The van der Waals surface area contributed by atoms with Gasteiger partial charge in [0.15, 0.2) is 8.32 Å². The van der Waals surface area contributed by atoms with Crippen LogP contribution < -0.4 is 0 Å². The molecule has 92 valence electrons. The fourth-order valence-electron chi connectivity index (χ4n) is 0.723. The van der Waals surface area contributed by atoms with Gasteiger partial charge in [0.2, 0.25) is 0 Å². The van der Waals surface area contributed by atoms with Crippen molar-refractivity contribution >= 4 is 35.8 Å². The van der Waals surface area contributed by atoms with Gasteiger partial charge in [0.1, 0.15) is 0 Å². The predicted octanol–water partition coefficient (Wildman–Crippen LogP) is 3.37. The minimum absolute atomic E-state index is 0.0123. The van der Waals surface area contributed by atoms with Crippen molar-refractivity contribution in [2.75, 3.05) is 13.2 Å². The summed E-state index contributed by atoms with van der Waals surface area (Å²) in [6.45, 7) is 11.5. The van der Waals surface area contributed by atoms with Crippen molar-refractivity contribution in [1.29, 1.82) is 0 Å². The average Bonchev–Trinajstić information content (AvgIpc) is 2.11. The van der Waals surface area contributed by atoms with E-state index in [4.69, 9.17) is 21.1 Å². The second-order valence-corrected chi connectivity index (χ2v) is 11.8. The van der Waals surface area contributed by atoms with Crippen LogP contribution in [0.3, 0.4) is 0 Å². The van der Waals surface area contributed by atoms with Crippen LogP contribution in [0, 0.1) is 0 Å². The quantitative estimate of drug-likeness (QED) is 0.622. The summed E-state index contributed by atoms with van der Waals surface area (Å²) in [7, 11) is -1.70. The maximum absolute atomic E-state index is 8.89. The lowest BCUT2D eigenvalue weighted by molar-refractivity contribution is 0.252. The van der Waals surface area contributed by atoms with Gasteiger partial charge in [0.05, 0.1) is 16.8 Å². The van der Waals surface area contributed by atoms with E-state index in [2.05, 4.69) is 49.8 Å². The second-order valence-electron chi connectivity index (χ2n) is 5.29. The van der Waals surface area contributed by atoms with Crippen LogP contribution in [-0.2, 0) is 4.43 Å². The molecular weight excluding hydrogens is 296 g/mol. The molecule has 0 saturated heterocycles. The predicted molar refractivity (Wildman–Crippen MR) is 72.6 cm³/mol. The molecule has 0 aliphatic carbocycles. The number of hydrogen-bond acceptors (Lipinski definition) is 2. The largest absolute Gasteiger partial charge is 0.416 e. The minimum atomic E-state index is -1.70. The zero-order valence-electron chi connectivity index (χ0n) is 10.2. The number of aliphatic hydroxyl groups excluding tert-OH is 1. The lowest BCUT2D eigenvalue weighted by atomic mass is 10.2. The SMILES string of the molecule is CC(C)(C)[Si](C)(C)OCC(Br)[C@@H](Cl)CO. The summed E-state index contributed by atoms with van der Waals surface area (Å²) in [5.41, 5.74) is 0. The summed E-state index contributed by atoms with van der Waals surface area (Å²) >= 11 is 9.33. The van der Waals surface area contributed by atoms with Gasteiger partial charge in [-0.15, -0.1) is 11.6 Å². The second kappa shape index (κ2) is 6.01. The van der Waals surface area contributed by atoms with Crippen LogP contribution in [0.5, 0.6) is 0 Å². The normalized spacial score (nSPS) is 17.6. The molecule has 0 saturated carbocycles. The van der Waals surface area contributed by atoms with Crippen molar-refractivity contribution in [1.82, 2.24) is 0 Å². The van der Waals surface area contributed by atoms with Gasteiger partial charge < -0.3 is 9.53 Å². The van der Waals surface area contributed by atoms with Crippen LogP contribution >= 0.6 is 27.5 Å². The van der Waals surface area contributed by atoms with E-state index in [0.29, 0.717) is 6.61 Å². The molecule has 0 spiro atoms. The highest BCUT2D eigenvalue weighted by atomic mass is 79.9. The Hall–Kier alpha value is 0.907. The van der Waals surface area contributed by atoms with E-state index < -0.39 is 8.32 Å². The minimum Gasteiger partial charge on any atom is -0.416 e. The molecule has 0 radical (unpaired) electrons. The molecule has 1 N–H and O–H groups in total. The van der Waals surface area contributed by atoms with Crippen LogP contribution in [-0.4, -0.2) is 36.8 Å². The molecule has 0 aliphatic rings. The lowest BCUT2D eigenvalue weighted by Crippen LogP contribution is -2.43. The van der Waals surface area contributed by atoms with E-state index in [0.717, 1.165) is 0 Å². The van der Waals surface area contributed by atoms with Gasteiger partial charge in [0, 0.05) is 6.61 Å². The topological polar surface area (TPSA) is 29.5 Å². The summed E-state index contributed by atoms with van der Waals surface area (Å²) in [6.07, 6.45) is 0. The Bertz CT molecular complexity index is 194. The zero-order chi connectivity index (χ0) is 12.3. The molecule has 0 heterocycles. The summed E-state index contributed by atoms with van der Waals surface area (Å²) in [6, 6.07) is 0. The van der Waals surface area contributed by atoms with E-state index in [-0.39, 0.29) is 21.8 Å². The summed E-state index contributed by atoms with van der Waals surface area (Å²) in [4.78, 5) is 0.0123. The van der Waals surface area contributed by atoms with Crippen molar-refractivity contribution in [3.8, 4) is 0 Å². The molecule has 15 heavy (non-hydrogen) atoms. The first kappa shape index (κ1) is 15.9. The molecule has 0 bridgehead atoms. The van der Waals surface area contributed by atoms with Gasteiger partial charge in [0.25, 0.3) is 0 Å². The first-order valence-corrected chi connectivity index (χ1v) is 9.41. The van der Waals surface area contributed by atoms with E-state index >= 15 is 0 Å². The highest BCUT2D eigenvalue weighted by molar-refractivity contribution is 9.09. The molecule has 2 nitrogen and oxygen atoms in total. The third kappa shape index (κ3) is 5.17. The van der Waals surface area contributed by atoms with Gasteiger partial charge in [-0.2, -0.15) is 0 Å².